The van der Waals surface area contributed by atoms with Gasteiger partial charge in [-0.2, -0.15) is 13.2 Å². The summed E-state index contributed by atoms with van der Waals surface area (Å²) in [5, 5.41) is 1.40. The molecule has 3 heterocycles. The summed E-state index contributed by atoms with van der Waals surface area (Å²) in [5.74, 6) is 0.474. The molecule has 0 saturated carbocycles. The molecule has 4 nitrogen and oxygen atoms in total. The fourth-order valence-corrected chi connectivity index (χ4v) is 5.84. The van der Waals surface area contributed by atoms with Crippen molar-refractivity contribution < 1.29 is 17.6 Å². The zero-order valence-corrected chi connectivity index (χ0v) is 21.9. The van der Waals surface area contributed by atoms with E-state index in [1.807, 2.05) is 108 Å². The van der Waals surface area contributed by atoms with Gasteiger partial charge in [0.25, 0.3) is 0 Å². The van der Waals surface area contributed by atoms with Gasteiger partial charge < -0.3 is 4.42 Å². The van der Waals surface area contributed by atoms with Crippen LogP contribution in [0.1, 0.15) is 5.56 Å². The van der Waals surface area contributed by atoms with Crippen LogP contribution in [-0.2, 0) is 6.18 Å². The van der Waals surface area contributed by atoms with Gasteiger partial charge >= 0.3 is 6.18 Å². The van der Waals surface area contributed by atoms with Crippen LogP contribution in [0, 0.1) is 0 Å². The number of imidazole rings is 1. The van der Waals surface area contributed by atoms with Crippen LogP contribution in [0.15, 0.2) is 126 Å². The molecule has 0 aliphatic rings. The zero-order valence-electron chi connectivity index (χ0n) is 21.9. The summed E-state index contributed by atoms with van der Waals surface area (Å²) in [6.07, 6.45) is -3.02. The van der Waals surface area contributed by atoms with Crippen LogP contribution in [0.4, 0.5) is 13.2 Å². The summed E-state index contributed by atoms with van der Waals surface area (Å²) in [7, 11) is 0. The van der Waals surface area contributed by atoms with E-state index >= 15 is 0 Å². The third-order valence-corrected chi connectivity index (χ3v) is 7.69. The van der Waals surface area contributed by atoms with E-state index < -0.39 is 11.7 Å². The van der Waals surface area contributed by atoms with Gasteiger partial charge in [0.05, 0.1) is 33.2 Å². The summed E-state index contributed by atoms with van der Waals surface area (Å²) in [6, 6.07) is 35.5. The predicted octanol–water partition coefficient (Wildman–Crippen LogP) is 9.83. The molecule has 8 rings (SSSR count). The molecule has 0 amide bonds. The van der Waals surface area contributed by atoms with Crippen molar-refractivity contribution in [1.29, 1.82) is 0 Å². The van der Waals surface area contributed by atoms with E-state index in [9.17, 15) is 13.2 Å². The molecule has 0 spiro atoms. The van der Waals surface area contributed by atoms with Gasteiger partial charge in [-0.15, -0.1) is 0 Å². The molecule has 7 heteroatoms. The lowest BCUT2D eigenvalue weighted by Gasteiger charge is -2.16. The topological polar surface area (TPSA) is 43.9 Å². The van der Waals surface area contributed by atoms with Crippen molar-refractivity contribution in [2.75, 3.05) is 0 Å². The average Bonchev–Trinajstić information content (AvgIpc) is 3.60. The number of hydrogen-bond donors (Lipinski definition) is 0. The highest BCUT2D eigenvalue weighted by molar-refractivity contribution is 6.16. The van der Waals surface area contributed by atoms with Crippen LogP contribution in [0.25, 0.3) is 72.1 Å². The number of pyridine rings is 1. The van der Waals surface area contributed by atoms with E-state index in [1.165, 1.54) is 6.07 Å². The van der Waals surface area contributed by atoms with Crippen LogP contribution >= 0.6 is 0 Å². The first kappa shape index (κ1) is 24.4. The van der Waals surface area contributed by atoms with Crippen LogP contribution in [0.3, 0.4) is 0 Å². The quantitative estimate of drug-likeness (QED) is 0.218. The van der Waals surface area contributed by atoms with E-state index in [4.69, 9.17) is 9.40 Å². The van der Waals surface area contributed by atoms with Crippen LogP contribution in [0.2, 0.25) is 0 Å². The molecule has 0 radical (unpaired) electrons. The normalized spacial score (nSPS) is 12.2. The third-order valence-electron chi connectivity index (χ3n) is 7.69. The van der Waals surface area contributed by atoms with Crippen molar-refractivity contribution in [3.63, 3.8) is 0 Å². The Balaban J connectivity index is 1.51. The predicted molar refractivity (Wildman–Crippen MR) is 160 cm³/mol. The van der Waals surface area contributed by atoms with E-state index in [1.54, 1.807) is 6.20 Å². The molecular formula is C35H20F3N3O. The lowest BCUT2D eigenvalue weighted by molar-refractivity contribution is -0.136. The number of furan rings is 1. The highest BCUT2D eigenvalue weighted by atomic mass is 19.4. The number of rotatable bonds is 3. The van der Waals surface area contributed by atoms with E-state index in [0.29, 0.717) is 27.9 Å². The Kier molecular flexibility index (Phi) is 5.25. The fourth-order valence-electron chi connectivity index (χ4n) is 5.84. The maximum atomic E-state index is 14.4. The Morgan fingerprint density at radius 3 is 2.26 bits per heavy atom. The second-order valence-corrected chi connectivity index (χ2v) is 10.1. The number of aromatic nitrogens is 3. The van der Waals surface area contributed by atoms with Crippen LogP contribution < -0.4 is 0 Å². The zero-order chi connectivity index (χ0) is 28.4. The molecule has 8 aromatic rings. The first-order valence-corrected chi connectivity index (χ1v) is 13.4. The summed E-state index contributed by atoms with van der Waals surface area (Å²) in [4.78, 5) is 9.43. The second-order valence-electron chi connectivity index (χ2n) is 10.1. The summed E-state index contributed by atoms with van der Waals surface area (Å²) < 4.78 is 51.7. The number of fused-ring (bicyclic) bond motifs is 6. The molecule has 0 atom stereocenters. The van der Waals surface area contributed by atoms with Crippen LogP contribution in [0.5, 0.6) is 0 Å². The van der Waals surface area contributed by atoms with Crippen LogP contribution in [-0.4, -0.2) is 14.5 Å². The first-order valence-electron chi connectivity index (χ1n) is 13.4. The third kappa shape index (κ3) is 3.63. The number of para-hydroxylation sites is 3. The highest BCUT2D eigenvalue weighted by Crippen LogP contribution is 2.45. The maximum absolute atomic E-state index is 14.4. The van der Waals surface area contributed by atoms with Gasteiger partial charge in [0.1, 0.15) is 16.9 Å². The molecule has 0 fully saturated rings. The van der Waals surface area contributed by atoms with Gasteiger partial charge in [0.2, 0.25) is 0 Å². The Labute approximate surface area is 237 Å². The Morgan fingerprint density at radius 2 is 1.40 bits per heavy atom. The average molecular weight is 556 g/mol. The minimum absolute atomic E-state index is 0.0734. The van der Waals surface area contributed by atoms with Gasteiger partial charge in [-0.05, 0) is 35.9 Å². The molecule has 0 aliphatic carbocycles. The Bertz CT molecular complexity index is 2300. The Morgan fingerprint density at radius 1 is 0.667 bits per heavy atom. The monoisotopic (exact) mass is 555 g/mol. The molecule has 202 valence electrons. The fraction of sp³-hybridized carbons (Fsp3) is 0.0286. The smallest absolute Gasteiger partial charge is 0.417 e. The van der Waals surface area contributed by atoms with Gasteiger partial charge in [-0.25, -0.2) is 4.98 Å². The molecule has 0 unspecified atom stereocenters. The SMILES string of the molecule is FC(F)(F)c1ccc(-c2nc3ccccc3n2-c2ccccc2-c2ccccc2)c2oc3c4ccccc4cnc3c12. The standard InChI is InChI=1S/C35H20F3N3O/c36-35(37,38)26-19-18-25(32-30(26)31-33(42-32)24-14-5-4-12-22(24)20-39-31)34-40-27-15-7-9-17-29(27)41(34)28-16-8-6-13-23(28)21-10-2-1-3-11-21/h1-20H. The molecule has 0 aliphatic heterocycles. The largest absolute Gasteiger partial charge is 0.453 e. The van der Waals surface area contributed by atoms with Crippen molar-refractivity contribution in [3.8, 4) is 28.2 Å². The molecule has 0 bridgehead atoms. The van der Waals surface area contributed by atoms with Gasteiger partial charge in [0, 0.05) is 22.5 Å². The van der Waals surface area contributed by atoms with Crippen molar-refractivity contribution in [1.82, 2.24) is 14.5 Å². The molecule has 0 N–H and O–H groups in total. The number of halogens is 3. The molecule has 0 saturated heterocycles. The number of hydrogen-bond acceptors (Lipinski definition) is 3. The van der Waals surface area contributed by atoms with Gasteiger partial charge in [-0.3, -0.25) is 9.55 Å². The van der Waals surface area contributed by atoms with Gasteiger partial charge in [-0.1, -0.05) is 84.9 Å². The van der Waals surface area contributed by atoms with E-state index in [0.717, 1.165) is 33.8 Å². The number of nitrogens with zero attached hydrogens (tertiary/aromatic N) is 3. The minimum atomic E-state index is -4.61. The summed E-state index contributed by atoms with van der Waals surface area (Å²) >= 11 is 0. The van der Waals surface area contributed by atoms with Gasteiger partial charge in [0.15, 0.2) is 5.58 Å². The Hall–Kier alpha value is -5.43. The van der Waals surface area contributed by atoms with Crippen molar-refractivity contribution in [2.45, 2.75) is 6.18 Å². The minimum Gasteiger partial charge on any atom is -0.453 e. The maximum Gasteiger partial charge on any atom is 0.417 e. The molecule has 42 heavy (non-hydrogen) atoms. The van der Waals surface area contributed by atoms with E-state index in [2.05, 4.69) is 4.98 Å². The lowest BCUT2D eigenvalue weighted by Crippen LogP contribution is -2.06. The van der Waals surface area contributed by atoms with Crippen molar-refractivity contribution in [3.05, 3.63) is 127 Å². The number of benzene rings is 5. The van der Waals surface area contributed by atoms with Crippen molar-refractivity contribution >= 4 is 43.9 Å². The number of alkyl halides is 3. The molecule has 3 aromatic heterocycles. The van der Waals surface area contributed by atoms with E-state index in [-0.39, 0.29) is 16.5 Å². The summed E-state index contributed by atoms with van der Waals surface area (Å²) in [5.41, 5.74) is 4.58. The molecule has 5 aromatic carbocycles. The highest BCUT2D eigenvalue weighted by Gasteiger charge is 2.36. The lowest BCUT2D eigenvalue weighted by atomic mass is 10.0. The second kappa shape index (κ2) is 9.04. The van der Waals surface area contributed by atoms with Crippen molar-refractivity contribution in [2.24, 2.45) is 0 Å². The first-order chi connectivity index (χ1) is 20.5. The summed E-state index contributed by atoms with van der Waals surface area (Å²) in [6.45, 7) is 0. The molecular weight excluding hydrogens is 535 g/mol.